The van der Waals surface area contributed by atoms with Crippen molar-refractivity contribution in [2.24, 2.45) is 5.92 Å². The number of fused-ring (bicyclic) bond motifs is 1. The molecule has 0 bridgehead atoms. The molecule has 0 fully saturated rings. The predicted octanol–water partition coefficient (Wildman–Crippen LogP) is 1.85. The number of imidazole rings is 1. The summed E-state index contributed by atoms with van der Waals surface area (Å²) in [6.07, 6.45) is 2.40. The van der Waals surface area contributed by atoms with E-state index in [1.165, 1.54) is 4.40 Å². The number of anilines is 1. The fourth-order valence-corrected chi connectivity index (χ4v) is 2.24. The number of aromatic carboxylic acids is 1. The molecule has 2 aromatic heterocycles. The van der Waals surface area contributed by atoms with E-state index in [0.717, 1.165) is 6.42 Å². The molecule has 0 aliphatic rings. The molecule has 2 heterocycles. The summed E-state index contributed by atoms with van der Waals surface area (Å²) >= 11 is 0. The number of carboxylic acids is 1. The minimum Gasteiger partial charge on any atom is -0.476 e. The molecule has 0 spiro atoms. The Hall–Kier alpha value is -2.08. The summed E-state index contributed by atoms with van der Waals surface area (Å²) in [4.78, 5) is 15.7. The fraction of sp³-hybridized carbons (Fsp3) is 0.429. The van der Waals surface area contributed by atoms with E-state index in [-0.39, 0.29) is 18.3 Å². The molecule has 0 aromatic carbocycles. The molecule has 108 valence electrons. The van der Waals surface area contributed by atoms with Gasteiger partial charge in [0.25, 0.3) is 0 Å². The topological polar surface area (TPSA) is 86.9 Å². The highest BCUT2D eigenvalue weighted by Gasteiger charge is 2.21. The van der Waals surface area contributed by atoms with Crippen molar-refractivity contribution in [2.75, 3.05) is 11.9 Å². The van der Waals surface area contributed by atoms with Gasteiger partial charge in [-0.3, -0.25) is 4.40 Å². The lowest BCUT2D eigenvalue weighted by Crippen LogP contribution is -2.26. The summed E-state index contributed by atoms with van der Waals surface area (Å²) in [5, 5.41) is 21.8. The van der Waals surface area contributed by atoms with Crippen LogP contribution in [-0.2, 0) is 0 Å². The SMILES string of the molecule is CC(C)CC(CO)Nc1nc2ccccn2c1C(=O)O. The van der Waals surface area contributed by atoms with Crippen LogP contribution in [0.3, 0.4) is 0 Å². The van der Waals surface area contributed by atoms with Crippen molar-refractivity contribution >= 4 is 17.4 Å². The van der Waals surface area contributed by atoms with E-state index in [0.29, 0.717) is 17.4 Å². The number of carboxylic acid groups (broad SMARTS) is 1. The number of nitrogens with one attached hydrogen (secondary N) is 1. The molecule has 20 heavy (non-hydrogen) atoms. The molecule has 0 aliphatic heterocycles. The lowest BCUT2D eigenvalue weighted by atomic mass is 10.0. The maximum absolute atomic E-state index is 11.4. The number of aromatic nitrogens is 2. The molecule has 3 N–H and O–H groups in total. The zero-order valence-corrected chi connectivity index (χ0v) is 11.6. The van der Waals surface area contributed by atoms with Gasteiger partial charge in [-0.15, -0.1) is 0 Å². The average Bonchev–Trinajstić information content (AvgIpc) is 2.75. The highest BCUT2D eigenvalue weighted by molar-refractivity contribution is 5.93. The van der Waals surface area contributed by atoms with Gasteiger partial charge in [-0.25, -0.2) is 9.78 Å². The normalized spacial score (nSPS) is 12.8. The Bertz CT molecular complexity index is 607. The number of carbonyl (C=O) groups is 1. The first-order valence-corrected chi connectivity index (χ1v) is 6.60. The minimum atomic E-state index is -1.05. The van der Waals surface area contributed by atoms with Crippen molar-refractivity contribution in [3.05, 3.63) is 30.1 Å². The third kappa shape index (κ3) is 2.91. The monoisotopic (exact) mass is 277 g/mol. The Morgan fingerprint density at radius 2 is 2.20 bits per heavy atom. The van der Waals surface area contributed by atoms with Gasteiger partial charge in [0.05, 0.1) is 12.6 Å². The second kappa shape index (κ2) is 5.92. The molecule has 2 rings (SSSR count). The number of nitrogens with zero attached hydrogens (tertiary/aromatic N) is 2. The van der Waals surface area contributed by atoms with Crippen molar-refractivity contribution in [3.63, 3.8) is 0 Å². The number of rotatable bonds is 6. The van der Waals surface area contributed by atoms with Crippen LogP contribution in [0.2, 0.25) is 0 Å². The molecular formula is C14H19N3O3. The van der Waals surface area contributed by atoms with Crippen molar-refractivity contribution in [1.29, 1.82) is 0 Å². The van der Waals surface area contributed by atoms with E-state index in [1.807, 2.05) is 13.8 Å². The van der Waals surface area contributed by atoms with Gasteiger partial charge in [-0.1, -0.05) is 19.9 Å². The first-order chi connectivity index (χ1) is 9.52. The maximum Gasteiger partial charge on any atom is 0.356 e. The molecule has 2 aromatic rings. The quantitative estimate of drug-likeness (QED) is 0.750. The Labute approximate surface area is 117 Å². The third-order valence-electron chi connectivity index (χ3n) is 3.05. The highest BCUT2D eigenvalue weighted by atomic mass is 16.4. The van der Waals surface area contributed by atoms with Crippen molar-refractivity contribution in [2.45, 2.75) is 26.3 Å². The fourth-order valence-electron chi connectivity index (χ4n) is 2.24. The largest absolute Gasteiger partial charge is 0.476 e. The number of pyridine rings is 1. The van der Waals surface area contributed by atoms with Gasteiger partial charge in [0.2, 0.25) is 0 Å². The van der Waals surface area contributed by atoms with E-state index in [1.54, 1.807) is 24.4 Å². The molecule has 0 amide bonds. The molecule has 0 aliphatic carbocycles. The molecule has 1 unspecified atom stereocenters. The first kappa shape index (κ1) is 14.3. The number of aliphatic hydroxyl groups excluding tert-OH is 1. The molecule has 1 atom stereocenters. The summed E-state index contributed by atoms with van der Waals surface area (Å²) in [5.74, 6) is -0.360. The molecule has 0 saturated carbocycles. The molecule has 0 saturated heterocycles. The summed E-state index contributed by atoms with van der Waals surface area (Å²) in [6, 6.07) is 5.09. The van der Waals surface area contributed by atoms with E-state index in [4.69, 9.17) is 0 Å². The Morgan fingerprint density at radius 1 is 1.45 bits per heavy atom. The lowest BCUT2D eigenvalue weighted by molar-refractivity contribution is 0.0690. The average molecular weight is 277 g/mol. The van der Waals surface area contributed by atoms with E-state index < -0.39 is 5.97 Å². The van der Waals surface area contributed by atoms with Gasteiger partial charge in [0.1, 0.15) is 5.65 Å². The smallest absolute Gasteiger partial charge is 0.356 e. The standard InChI is InChI=1S/C14H19N3O3/c1-9(2)7-10(8-18)15-13-12(14(19)20)17-6-4-3-5-11(17)16-13/h3-6,9-10,15,18H,7-8H2,1-2H3,(H,19,20). The van der Waals surface area contributed by atoms with Crippen LogP contribution in [0.5, 0.6) is 0 Å². The molecule has 6 nitrogen and oxygen atoms in total. The zero-order chi connectivity index (χ0) is 14.7. The molecule has 0 radical (unpaired) electrons. The van der Waals surface area contributed by atoms with Crippen LogP contribution >= 0.6 is 0 Å². The van der Waals surface area contributed by atoms with Crippen molar-refractivity contribution < 1.29 is 15.0 Å². The van der Waals surface area contributed by atoms with E-state index in [9.17, 15) is 15.0 Å². The zero-order valence-electron chi connectivity index (χ0n) is 11.6. The first-order valence-electron chi connectivity index (χ1n) is 6.60. The number of aliphatic hydroxyl groups is 1. The second-order valence-corrected chi connectivity index (χ2v) is 5.20. The summed E-state index contributed by atoms with van der Waals surface area (Å²) in [7, 11) is 0. The predicted molar refractivity (Wildman–Crippen MR) is 76.1 cm³/mol. The van der Waals surface area contributed by atoms with Crippen LogP contribution in [0.25, 0.3) is 5.65 Å². The van der Waals surface area contributed by atoms with E-state index >= 15 is 0 Å². The van der Waals surface area contributed by atoms with Gasteiger partial charge < -0.3 is 15.5 Å². The number of hydrogen-bond donors (Lipinski definition) is 3. The molecule has 6 heteroatoms. The van der Waals surface area contributed by atoms with Crippen LogP contribution < -0.4 is 5.32 Å². The highest BCUT2D eigenvalue weighted by Crippen LogP contribution is 2.20. The minimum absolute atomic E-state index is 0.0644. The lowest BCUT2D eigenvalue weighted by Gasteiger charge is -2.18. The van der Waals surface area contributed by atoms with Gasteiger partial charge in [0, 0.05) is 6.20 Å². The maximum atomic E-state index is 11.4. The Balaban J connectivity index is 2.37. The van der Waals surface area contributed by atoms with Crippen LogP contribution in [0.15, 0.2) is 24.4 Å². The van der Waals surface area contributed by atoms with E-state index in [2.05, 4.69) is 10.3 Å². The van der Waals surface area contributed by atoms with Gasteiger partial charge in [0.15, 0.2) is 11.5 Å². The second-order valence-electron chi connectivity index (χ2n) is 5.20. The van der Waals surface area contributed by atoms with Crippen molar-refractivity contribution in [3.8, 4) is 0 Å². The van der Waals surface area contributed by atoms with Crippen LogP contribution in [-0.4, -0.2) is 38.2 Å². The Morgan fingerprint density at radius 3 is 2.80 bits per heavy atom. The van der Waals surface area contributed by atoms with Crippen LogP contribution in [0.4, 0.5) is 5.82 Å². The van der Waals surface area contributed by atoms with Gasteiger partial charge in [-0.05, 0) is 24.5 Å². The van der Waals surface area contributed by atoms with Crippen molar-refractivity contribution in [1.82, 2.24) is 9.38 Å². The van der Waals surface area contributed by atoms with Crippen LogP contribution in [0.1, 0.15) is 30.8 Å². The summed E-state index contributed by atoms with van der Waals surface area (Å²) in [5.41, 5.74) is 0.649. The summed E-state index contributed by atoms with van der Waals surface area (Å²) < 4.78 is 1.52. The Kier molecular flexibility index (Phi) is 4.24. The summed E-state index contributed by atoms with van der Waals surface area (Å²) in [6.45, 7) is 4.03. The number of hydrogen-bond acceptors (Lipinski definition) is 4. The molecular weight excluding hydrogens is 258 g/mol. The van der Waals surface area contributed by atoms with Gasteiger partial charge >= 0.3 is 5.97 Å². The van der Waals surface area contributed by atoms with Crippen LogP contribution in [0, 0.1) is 5.92 Å². The third-order valence-corrected chi connectivity index (χ3v) is 3.05. The van der Waals surface area contributed by atoms with Gasteiger partial charge in [-0.2, -0.15) is 0 Å².